The first-order chi connectivity index (χ1) is 9.04. The third kappa shape index (κ3) is 1.95. The molecule has 98 valence electrons. The van der Waals surface area contributed by atoms with Crippen molar-refractivity contribution in [3.63, 3.8) is 0 Å². The van der Waals surface area contributed by atoms with Crippen molar-refractivity contribution in [2.24, 2.45) is 0 Å². The molecule has 3 rings (SSSR count). The van der Waals surface area contributed by atoms with Crippen LogP contribution in [0.4, 0.5) is 5.95 Å². The zero-order valence-corrected chi connectivity index (χ0v) is 11.1. The second kappa shape index (κ2) is 4.08. The van der Waals surface area contributed by atoms with Crippen LogP contribution in [0.15, 0.2) is 16.5 Å². The van der Waals surface area contributed by atoms with Crippen LogP contribution in [0.5, 0.6) is 0 Å². The molecule has 6 heteroatoms. The minimum Gasteiger partial charge on any atom is -0.444 e. The maximum atomic E-state index is 5.94. The van der Waals surface area contributed by atoms with Gasteiger partial charge in [0.05, 0.1) is 5.69 Å². The molecule has 0 aromatic carbocycles. The topological polar surface area (TPSA) is 82.8 Å². The predicted molar refractivity (Wildman–Crippen MR) is 71.8 cm³/mol. The quantitative estimate of drug-likeness (QED) is 0.759. The molecule has 3 aromatic heterocycles. The molecule has 0 spiro atoms. The van der Waals surface area contributed by atoms with E-state index in [9.17, 15) is 0 Å². The van der Waals surface area contributed by atoms with Crippen molar-refractivity contribution in [3.8, 4) is 0 Å². The van der Waals surface area contributed by atoms with E-state index in [0.29, 0.717) is 18.4 Å². The van der Waals surface area contributed by atoms with E-state index in [2.05, 4.69) is 15.0 Å². The first-order valence-electron chi connectivity index (χ1n) is 6.07. The number of anilines is 1. The molecule has 0 saturated heterocycles. The van der Waals surface area contributed by atoms with E-state index in [1.165, 1.54) is 0 Å². The van der Waals surface area contributed by atoms with Crippen LogP contribution in [0.3, 0.4) is 0 Å². The van der Waals surface area contributed by atoms with Crippen LogP contribution in [0.1, 0.15) is 23.0 Å². The first-order valence-corrected chi connectivity index (χ1v) is 6.07. The average Bonchev–Trinajstić information content (AvgIpc) is 2.82. The molecule has 3 aromatic rings. The Labute approximate surface area is 110 Å². The van der Waals surface area contributed by atoms with E-state index in [1.54, 1.807) is 0 Å². The summed E-state index contributed by atoms with van der Waals surface area (Å²) in [4.78, 5) is 13.1. The van der Waals surface area contributed by atoms with Gasteiger partial charge in [-0.2, -0.15) is 0 Å². The standard InChI is InChI=1S/C13H15N5O/c1-7-4-5-10-12(15-7)18(13(14)17-10)6-11-16-8(2)9(3)19-11/h4-5H,6H2,1-3H3,(H2,14,17). The number of nitrogen functional groups attached to an aromatic ring is 1. The Bertz CT molecular complexity index is 736. The molecular weight excluding hydrogens is 242 g/mol. The van der Waals surface area contributed by atoms with Gasteiger partial charge in [0, 0.05) is 5.69 Å². The Hall–Kier alpha value is -2.37. The largest absolute Gasteiger partial charge is 0.444 e. The summed E-state index contributed by atoms with van der Waals surface area (Å²) in [6.07, 6.45) is 0. The summed E-state index contributed by atoms with van der Waals surface area (Å²) in [5, 5.41) is 0. The van der Waals surface area contributed by atoms with Gasteiger partial charge < -0.3 is 10.2 Å². The summed E-state index contributed by atoms with van der Waals surface area (Å²) >= 11 is 0. The molecular formula is C13H15N5O. The molecule has 0 amide bonds. The van der Waals surface area contributed by atoms with E-state index in [0.717, 1.165) is 28.3 Å². The zero-order valence-electron chi connectivity index (χ0n) is 11.1. The Kier molecular flexibility index (Phi) is 2.51. The van der Waals surface area contributed by atoms with Gasteiger partial charge in [0.1, 0.15) is 17.8 Å². The lowest BCUT2D eigenvalue weighted by Gasteiger charge is -2.02. The molecule has 19 heavy (non-hydrogen) atoms. The molecule has 3 heterocycles. The van der Waals surface area contributed by atoms with Crippen LogP contribution in [0, 0.1) is 20.8 Å². The summed E-state index contributed by atoms with van der Waals surface area (Å²) in [7, 11) is 0. The normalized spacial score (nSPS) is 11.3. The number of rotatable bonds is 2. The fourth-order valence-electron chi connectivity index (χ4n) is 2.01. The van der Waals surface area contributed by atoms with Crippen molar-refractivity contribution in [1.82, 2.24) is 19.5 Å². The monoisotopic (exact) mass is 257 g/mol. The van der Waals surface area contributed by atoms with Crippen molar-refractivity contribution >= 4 is 17.1 Å². The molecule has 0 aliphatic heterocycles. The third-order valence-electron chi connectivity index (χ3n) is 3.13. The lowest BCUT2D eigenvalue weighted by molar-refractivity contribution is 0.460. The first kappa shape index (κ1) is 11.7. The summed E-state index contributed by atoms with van der Waals surface area (Å²) < 4.78 is 7.39. The number of nitrogens with zero attached hydrogens (tertiary/aromatic N) is 4. The van der Waals surface area contributed by atoms with Crippen molar-refractivity contribution in [2.45, 2.75) is 27.3 Å². The number of aromatic nitrogens is 4. The molecule has 0 atom stereocenters. The van der Waals surface area contributed by atoms with E-state index in [4.69, 9.17) is 10.2 Å². The van der Waals surface area contributed by atoms with Gasteiger partial charge in [-0.1, -0.05) is 0 Å². The Balaban J connectivity index is 2.09. The highest BCUT2D eigenvalue weighted by Gasteiger charge is 2.13. The number of hydrogen-bond donors (Lipinski definition) is 1. The van der Waals surface area contributed by atoms with Crippen LogP contribution < -0.4 is 5.73 Å². The molecule has 0 fully saturated rings. The third-order valence-corrected chi connectivity index (χ3v) is 3.13. The molecule has 0 saturated carbocycles. The number of pyridine rings is 1. The number of nitrogens with two attached hydrogens (primary N) is 1. The lowest BCUT2D eigenvalue weighted by atomic mass is 10.3. The minimum absolute atomic E-state index is 0.418. The molecule has 0 unspecified atom stereocenters. The van der Waals surface area contributed by atoms with Crippen LogP contribution in [0.2, 0.25) is 0 Å². The van der Waals surface area contributed by atoms with Gasteiger partial charge in [-0.15, -0.1) is 0 Å². The number of oxazole rings is 1. The van der Waals surface area contributed by atoms with Gasteiger partial charge in [0.25, 0.3) is 0 Å². The lowest BCUT2D eigenvalue weighted by Crippen LogP contribution is -2.05. The van der Waals surface area contributed by atoms with Crippen LogP contribution in [0.25, 0.3) is 11.2 Å². The second-order valence-electron chi connectivity index (χ2n) is 4.60. The van der Waals surface area contributed by atoms with Crippen LogP contribution in [-0.4, -0.2) is 19.5 Å². The number of fused-ring (bicyclic) bond motifs is 1. The van der Waals surface area contributed by atoms with Gasteiger partial charge in [-0.25, -0.2) is 15.0 Å². The highest BCUT2D eigenvalue weighted by atomic mass is 16.4. The molecule has 0 radical (unpaired) electrons. The molecule has 0 bridgehead atoms. The summed E-state index contributed by atoms with van der Waals surface area (Å²) in [6, 6.07) is 3.83. The Morgan fingerprint density at radius 1 is 1.16 bits per heavy atom. The minimum atomic E-state index is 0.418. The molecule has 0 aliphatic carbocycles. The van der Waals surface area contributed by atoms with Crippen molar-refractivity contribution in [1.29, 1.82) is 0 Å². The van der Waals surface area contributed by atoms with Gasteiger partial charge in [-0.05, 0) is 32.9 Å². The smallest absolute Gasteiger partial charge is 0.214 e. The van der Waals surface area contributed by atoms with Gasteiger partial charge >= 0.3 is 0 Å². The van der Waals surface area contributed by atoms with Gasteiger partial charge in [0.15, 0.2) is 5.65 Å². The fourth-order valence-corrected chi connectivity index (χ4v) is 2.01. The predicted octanol–water partition coefficient (Wildman–Crippen LogP) is 1.98. The Morgan fingerprint density at radius 2 is 1.95 bits per heavy atom. The SMILES string of the molecule is Cc1ccc2nc(N)n(Cc3nc(C)c(C)o3)c2n1. The average molecular weight is 257 g/mol. The molecule has 2 N–H and O–H groups in total. The summed E-state index contributed by atoms with van der Waals surface area (Å²) in [5.41, 5.74) is 9.29. The fraction of sp³-hybridized carbons (Fsp3) is 0.308. The van der Waals surface area contributed by atoms with Crippen molar-refractivity contribution in [2.75, 3.05) is 5.73 Å². The highest BCUT2D eigenvalue weighted by molar-refractivity contribution is 5.74. The number of imidazole rings is 1. The second-order valence-corrected chi connectivity index (χ2v) is 4.60. The molecule has 6 nitrogen and oxygen atoms in total. The summed E-state index contributed by atoms with van der Waals surface area (Å²) in [5.74, 6) is 1.85. The van der Waals surface area contributed by atoms with Gasteiger partial charge in [0.2, 0.25) is 11.8 Å². The number of hydrogen-bond acceptors (Lipinski definition) is 5. The van der Waals surface area contributed by atoms with Crippen molar-refractivity contribution in [3.05, 3.63) is 35.2 Å². The van der Waals surface area contributed by atoms with E-state index in [1.807, 2.05) is 37.5 Å². The maximum absolute atomic E-state index is 5.94. The highest BCUT2D eigenvalue weighted by Crippen LogP contribution is 2.19. The van der Waals surface area contributed by atoms with E-state index < -0.39 is 0 Å². The van der Waals surface area contributed by atoms with Crippen LogP contribution >= 0.6 is 0 Å². The van der Waals surface area contributed by atoms with Crippen LogP contribution in [-0.2, 0) is 6.54 Å². The zero-order chi connectivity index (χ0) is 13.6. The Morgan fingerprint density at radius 3 is 2.63 bits per heavy atom. The van der Waals surface area contributed by atoms with E-state index >= 15 is 0 Å². The molecule has 0 aliphatic rings. The summed E-state index contributed by atoms with van der Waals surface area (Å²) in [6.45, 7) is 6.18. The number of aryl methyl sites for hydroxylation is 3. The van der Waals surface area contributed by atoms with Gasteiger partial charge in [-0.3, -0.25) is 4.57 Å². The maximum Gasteiger partial charge on any atom is 0.214 e. The van der Waals surface area contributed by atoms with E-state index in [-0.39, 0.29) is 0 Å². The van der Waals surface area contributed by atoms with Crippen molar-refractivity contribution < 1.29 is 4.42 Å².